The van der Waals surface area contributed by atoms with Crippen molar-refractivity contribution >= 4 is 21.4 Å². The van der Waals surface area contributed by atoms with E-state index in [9.17, 15) is 27.3 Å². The van der Waals surface area contributed by atoms with Crippen LogP contribution in [0.25, 0.3) is 0 Å². The number of hydrogen-bond acceptors (Lipinski definition) is 6. The number of sulfonamides is 1. The van der Waals surface area contributed by atoms with E-state index >= 15 is 0 Å². The van der Waals surface area contributed by atoms with Gasteiger partial charge in [0.2, 0.25) is 10.0 Å². The molecule has 1 rings (SSSR count). The molecule has 0 radical (unpaired) electrons. The third kappa shape index (κ3) is 3.37. The fraction of sp³-hybridized carbons (Fsp3) is 0.333. The normalized spacial score (nSPS) is 11.9. The summed E-state index contributed by atoms with van der Waals surface area (Å²) in [7, 11) is -3.27. The van der Waals surface area contributed by atoms with Gasteiger partial charge in [0.1, 0.15) is 5.69 Å². The van der Waals surface area contributed by atoms with Gasteiger partial charge in [-0.25, -0.2) is 17.2 Å². The Balaban J connectivity index is 3.26. The molecule has 0 amide bonds. The predicted molar refractivity (Wildman–Crippen MR) is 66.7 cm³/mol. The molecule has 8 nitrogen and oxygen atoms in total. The first-order valence-corrected chi connectivity index (χ1v) is 6.63. The number of benzene rings is 1. The van der Waals surface area contributed by atoms with Crippen LogP contribution in [0.3, 0.4) is 0 Å². The standard InChI is InChI=1S/C9H12F2N4O4S/c1-14(5-9(10)11)20(18,19)6-2-3-7(13-12)8(4-6)15(16)17/h2-4,9,13H,5,12H2,1H3. The Hall–Kier alpha value is -1.85. The number of hydrogen-bond donors (Lipinski definition) is 2. The second kappa shape index (κ2) is 6.07. The molecule has 0 atom stereocenters. The van der Waals surface area contributed by atoms with E-state index in [1.54, 1.807) is 0 Å². The summed E-state index contributed by atoms with van der Waals surface area (Å²) >= 11 is 0. The van der Waals surface area contributed by atoms with E-state index < -0.39 is 38.5 Å². The Bertz CT molecular complexity index is 608. The molecule has 0 saturated carbocycles. The highest BCUT2D eigenvalue weighted by Gasteiger charge is 2.26. The SMILES string of the molecule is CN(CC(F)F)S(=O)(=O)c1ccc(NN)c([N+](=O)[O-])c1. The Kier molecular flexibility index (Phi) is 4.92. The van der Waals surface area contributed by atoms with Gasteiger partial charge in [-0.3, -0.25) is 16.0 Å². The van der Waals surface area contributed by atoms with Crippen molar-refractivity contribution in [1.82, 2.24) is 4.31 Å². The number of nitro benzene ring substituents is 1. The lowest BCUT2D eigenvalue weighted by Crippen LogP contribution is -2.31. The first-order chi connectivity index (χ1) is 9.20. The van der Waals surface area contributed by atoms with Crippen LogP contribution in [0, 0.1) is 10.1 Å². The number of rotatable bonds is 6. The first-order valence-electron chi connectivity index (χ1n) is 5.19. The van der Waals surface area contributed by atoms with Gasteiger partial charge in [0.15, 0.2) is 0 Å². The molecule has 1 aromatic carbocycles. The number of nitrogens with two attached hydrogens (primary N) is 1. The average Bonchev–Trinajstić information content (AvgIpc) is 2.36. The second-order valence-corrected chi connectivity index (χ2v) is 5.80. The van der Waals surface area contributed by atoms with Crippen LogP contribution in [-0.4, -0.2) is 37.7 Å². The quantitative estimate of drug-likeness (QED) is 0.455. The number of nitrogens with one attached hydrogen (secondary N) is 1. The van der Waals surface area contributed by atoms with Crippen LogP contribution in [-0.2, 0) is 10.0 Å². The highest BCUT2D eigenvalue weighted by atomic mass is 32.2. The summed E-state index contributed by atoms with van der Waals surface area (Å²) in [6.45, 7) is -1.01. The Morgan fingerprint density at radius 1 is 1.50 bits per heavy atom. The van der Waals surface area contributed by atoms with E-state index in [0.717, 1.165) is 25.2 Å². The summed E-state index contributed by atoms with van der Waals surface area (Å²) in [6, 6.07) is 2.88. The average molecular weight is 310 g/mol. The summed E-state index contributed by atoms with van der Waals surface area (Å²) in [5.41, 5.74) is 1.38. The topological polar surface area (TPSA) is 119 Å². The fourth-order valence-corrected chi connectivity index (χ4v) is 2.59. The summed E-state index contributed by atoms with van der Waals surface area (Å²) in [4.78, 5) is 9.49. The van der Waals surface area contributed by atoms with Gasteiger partial charge in [-0.2, -0.15) is 4.31 Å². The predicted octanol–water partition coefficient (Wildman–Crippen LogP) is 0.766. The van der Waals surface area contributed by atoms with Gasteiger partial charge >= 0.3 is 0 Å². The van der Waals surface area contributed by atoms with Crippen molar-refractivity contribution in [2.75, 3.05) is 19.0 Å². The minimum absolute atomic E-state index is 0.0922. The maximum atomic E-state index is 12.2. The summed E-state index contributed by atoms with van der Waals surface area (Å²) in [5.74, 6) is 5.06. The van der Waals surface area contributed by atoms with Crippen LogP contribution in [0.15, 0.2) is 23.1 Å². The number of halogens is 2. The number of nitrogen functional groups attached to an aromatic ring is 1. The van der Waals surface area contributed by atoms with Crippen molar-refractivity contribution < 1.29 is 22.1 Å². The zero-order valence-corrected chi connectivity index (χ0v) is 11.1. The first kappa shape index (κ1) is 16.2. The van der Waals surface area contributed by atoms with Crippen LogP contribution >= 0.6 is 0 Å². The molecule has 1 aromatic rings. The molecule has 20 heavy (non-hydrogen) atoms. The van der Waals surface area contributed by atoms with Crippen molar-refractivity contribution in [2.45, 2.75) is 11.3 Å². The number of alkyl halides is 2. The van der Waals surface area contributed by atoms with Crippen molar-refractivity contribution in [2.24, 2.45) is 5.84 Å². The van der Waals surface area contributed by atoms with E-state index in [1.165, 1.54) is 0 Å². The van der Waals surface area contributed by atoms with E-state index in [4.69, 9.17) is 5.84 Å². The zero-order valence-electron chi connectivity index (χ0n) is 10.3. The van der Waals surface area contributed by atoms with E-state index in [-0.39, 0.29) is 5.69 Å². The van der Waals surface area contributed by atoms with Crippen LogP contribution in [0.2, 0.25) is 0 Å². The highest BCUT2D eigenvalue weighted by Crippen LogP contribution is 2.28. The molecule has 0 aromatic heterocycles. The number of anilines is 1. The molecular formula is C9H12F2N4O4S. The van der Waals surface area contributed by atoms with Crippen molar-refractivity contribution in [3.05, 3.63) is 28.3 Å². The molecule has 0 unspecified atom stereocenters. The Morgan fingerprint density at radius 2 is 2.10 bits per heavy atom. The molecule has 0 saturated heterocycles. The van der Waals surface area contributed by atoms with E-state index in [0.29, 0.717) is 4.31 Å². The van der Waals surface area contributed by atoms with Crippen LogP contribution in [0.4, 0.5) is 20.2 Å². The van der Waals surface area contributed by atoms with Gasteiger partial charge in [-0.05, 0) is 12.1 Å². The van der Waals surface area contributed by atoms with Crippen molar-refractivity contribution in [1.29, 1.82) is 0 Å². The number of hydrazine groups is 1. The second-order valence-electron chi connectivity index (χ2n) is 3.76. The van der Waals surface area contributed by atoms with Crippen LogP contribution in [0.1, 0.15) is 0 Å². The smallest absolute Gasteiger partial charge is 0.294 e. The number of nitro groups is 1. The molecule has 3 N–H and O–H groups in total. The molecule has 0 heterocycles. The van der Waals surface area contributed by atoms with Gasteiger partial charge in [0.25, 0.3) is 12.1 Å². The minimum atomic E-state index is -4.23. The van der Waals surface area contributed by atoms with E-state index in [2.05, 4.69) is 0 Å². The van der Waals surface area contributed by atoms with Gasteiger partial charge in [-0.15, -0.1) is 0 Å². The molecule has 0 spiro atoms. The minimum Gasteiger partial charge on any atom is -0.318 e. The Morgan fingerprint density at radius 3 is 2.55 bits per heavy atom. The third-order valence-corrected chi connectivity index (χ3v) is 4.24. The fourth-order valence-electron chi connectivity index (χ4n) is 1.42. The summed E-state index contributed by atoms with van der Waals surface area (Å²) in [5, 5.41) is 10.8. The third-order valence-electron chi connectivity index (χ3n) is 2.42. The highest BCUT2D eigenvalue weighted by molar-refractivity contribution is 7.89. The lowest BCUT2D eigenvalue weighted by molar-refractivity contribution is -0.384. The lowest BCUT2D eigenvalue weighted by atomic mass is 10.3. The Labute approximate surface area is 113 Å². The molecule has 112 valence electrons. The number of nitrogens with zero attached hydrogens (tertiary/aromatic N) is 2. The summed E-state index contributed by atoms with van der Waals surface area (Å²) < 4.78 is 48.8. The maximum Gasteiger partial charge on any atom is 0.294 e. The molecule has 0 aliphatic carbocycles. The van der Waals surface area contributed by atoms with Crippen molar-refractivity contribution in [3.63, 3.8) is 0 Å². The monoisotopic (exact) mass is 310 g/mol. The van der Waals surface area contributed by atoms with Gasteiger partial charge in [0.05, 0.1) is 16.4 Å². The largest absolute Gasteiger partial charge is 0.318 e. The van der Waals surface area contributed by atoms with Gasteiger partial charge in [0, 0.05) is 13.1 Å². The van der Waals surface area contributed by atoms with Gasteiger partial charge < -0.3 is 5.43 Å². The van der Waals surface area contributed by atoms with Gasteiger partial charge in [-0.1, -0.05) is 0 Å². The molecule has 0 bridgehead atoms. The van der Waals surface area contributed by atoms with Crippen molar-refractivity contribution in [3.8, 4) is 0 Å². The lowest BCUT2D eigenvalue weighted by Gasteiger charge is -2.16. The zero-order chi connectivity index (χ0) is 15.5. The molecule has 11 heteroatoms. The summed E-state index contributed by atoms with van der Waals surface area (Å²) in [6.07, 6.45) is -2.85. The van der Waals surface area contributed by atoms with Crippen LogP contribution < -0.4 is 11.3 Å². The van der Waals surface area contributed by atoms with E-state index in [1.807, 2.05) is 5.43 Å². The molecule has 0 aliphatic rings. The van der Waals surface area contributed by atoms with Crippen LogP contribution in [0.5, 0.6) is 0 Å². The maximum absolute atomic E-state index is 12.2. The molecule has 0 fully saturated rings. The molecular weight excluding hydrogens is 298 g/mol. The molecule has 0 aliphatic heterocycles.